The van der Waals surface area contributed by atoms with Gasteiger partial charge in [-0.15, -0.1) is 11.6 Å². The zero-order chi connectivity index (χ0) is 17.7. The minimum absolute atomic E-state index is 0.200. The van der Waals surface area contributed by atoms with Crippen LogP contribution in [-0.2, 0) is 14.9 Å². The third-order valence-electron chi connectivity index (χ3n) is 4.25. The molecule has 1 atom stereocenters. The minimum Gasteiger partial charge on any atom is -0.353 e. The standard InChI is InChI=1S/C16H21Cl2NO4S/c17-14-10-12(6-7-13(14)11-4-2-1-3-5-11)15(18)16(20)19-8-9-24(21,22)23/h6-7,10-11,15H,1-5,8-9H2,(H,19,20)(H,21,22,23). The van der Waals surface area contributed by atoms with Crippen LogP contribution in [-0.4, -0.2) is 31.2 Å². The van der Waals surface area contributed by atoms with Crippen molar-refractivity contribution in [3.63, 3.8) is 0 Å². The Bertz CT molecular complexity index is 687. The number of alkyl halides is 1. The van der Waals surface area contributed by atoms with Crippen LogP contribution in [0.3, 0.4) is 0 Å². The molecule has 1 aliphatic carbocycles. The first-order valence-corrected chi connectivity index (χ1v) is 10.4. The fourth-order valence-corrected chi connectivity index (χ4v) is 3.91. The summed E-state index contributed by atoms with van der Waals surface area (Å²) in [6, 6.07) is 5.41. The van der Waals surface area contributed by atoms with E-state index in [-0.39, 0.29) is 6.54 Å². The summed E-state index contributed by atoms with van der Waals surface area (Å²) in [7, 11) is -4.11. The predicted octanol–water partition coefficient (Wildman–Crippen LogP) is 3.67. The molecule has 8 heteroatoms. The van der Waals surface area contributed by atoms with E-state index in [0.29, 0.717) is 16.5 Å². The molecule has 1 unspecified atom stereocenters. The number of carbonyl (C=O) groups excluding carboxylic acids is 1. The number of halogens is 2. The summed E-state index contributed by atoms with van der Waals surface area (Å²) < 4.78 is 29.9. The lowest BCUT2D eigenvalue weighted by atomic mass is 9.84. The fourth-order valence-electron chi connectivity index (χ4n) is 2.99. The second-order valence-electron chi connectivity index (χ2n) is 6.06. The molecule has 1 aromatic rings. The molecular formula is C16H21Cl2NO4S. The average molecular weight is 394 g/mol. The molecule has 0 saturated heterocycles. The van der Waals surface area contributed by atoms with Crippen molar-refractivity contribution in [2.24, 2.45) is 0 Å². The second kappa shape index (κ2) is 8.52. The van der Waals surface area contributed by atoms with E-state index in [2.05, 4.69) is 5.32 Å². The smallest absolute Gasteiger partial charge is 0.266 e. The lowest BCUT2D eigenvalue weighted by Gasteiger charge is -2.23. The van der Waals surface area contributed by atoms with Crippen molar-refractivity contribution in [1.29, 1.82) is 0 Å². The molecule has 0 radical (unpaired) electrons. The van der Waals surface area contributed by atoms with Gasteiger partial charge < -0.3 is 5.32 Å². The quantitative estimate of drug-likeness (QED) is 0.570. The maximum absolute atomic E-state index is 12.0. The normalized spacial score (nSPS) is 17.5. The van der Waals surface area contributed by atoms with Gasteiger partial charge in [-0.25, -0.2) is 0 Å². The lowest BCUT2D eigenvalue weighted by molar-refractivity contribution is -0.120. The Balaban J connectivity index is 2.00. The molecule has 1 saturated carbocycles. The van der Waals surface area contributed by atoms with E-state index in [4.69, 9.17) is 27.8 Å². The SMILES string of the molecule is O=C(NCCS(=O)(=O)O)C(Cl)c1ccc(C2CCCCC2)c(Cl)c1. The largest absolute Gasteiger partial charge is 0.353 e. The summed E-state index contributed by atoms with van der Waals surface area (Å²) in [4.78, 5) is 12.0. The van der Waals surface area contributed by atoms with Crippen molar-refractivity contribution < 1.29 is 17.8 Å². The molecule has 5 nitrogen and oxygen atoms in total. The van der Waals surface area contributed by atoms with Crippen molar-refractivity contribution in [1.82, 2.24) is 5.32 Å². The summed E-state index contributed by atoms with van der Waals surface area (Å²) in [5, 5.41) is 2.02. The van der Waals surface area contributed by atoms with Gasteiger partial charge in [0.05, 0.1) is 5.75 Å². The number of rotatable bonds is 6. The zero-order valence-electron chi connectivity index (χ0n) is 13.2. The maximum atomic E-state index is 12.0. The molecule has 1 aliphatic rings. The first kappa shape index (κ1) is 19.5. The summed E-state index contributed by atoms with van der Waals surface area (Å²) in [5.74, 6) is -0.622. The van der Waals surface area contributed by atoms with Crippen LogP contribution in [0.15, 0.2) is 18.2 Å². The van der Waals surface area contributed by atoms with Gasteiger partial charge in [-0.1, -0.05) is 43.0 Å². The van der Waals surface area contributed by atoms with Gasteiger partial charge in [-0.05, 0) is 36.0 Å². The van der Waals surface area contributed by atoms with Crippen LogP contribution in [0.5, 0.6) is 0 Å². The van der Waals surface area contributed by atoms with Crippen LogP contribution in [0.4, 0.5) is 0 Å². The molecule has 0 aliphatic heterocycles. The molecule has 1 amide bonds. The molecule has 1 fully saturated rings. The minimum atomic E-state index is -4.11. The summed E-state index contributed by atoms with van der Waals surface area (Å²) in [6.45, 7) is -0.200. The van der Waals surface area contributed by atoms with Crippen LogP contribution in [0.1, 0.15) is 54.5 Å². The van der Waals surface area contributed by atoms with E-state index in [1.165, 1.54) is 19.3 Å². The molecule has 1 aromatic carbocycles. The van der Waals surface area contributed by atoms with Crippen LogP contribution in [0.2, 0.25) is 5.02 Å². The number of amides is 1. The molecular weight excluding hydrogens is 373 g/mol. The molecule has 0 heterocycles. The van der Waals surface area contributed by atoms with Crippen molar-refractivity contribution in [3.05, 3.63) is 34.3 Å². The van der Waals surface area contributed by atoms with Crippen LogP contribution in [0.25, 0.3) is 0 Å². The number of carbonyl (C=O) groups is 1. The van der Waals surface area contributed by atoms with Crippen LogP contribution in [0, 0.1) is 0 Å². The molecule has 24 heavy (non-hydrogen) atoms. The Labute approximate surface area is 152 Å². The Morgan fingerprint density at radius 2 is 1.96 bits per heavy atom. The average Bonchev–Trinajstić information content (AvgIpc) is 2.53. The molecule has 134 valence electrons. The summed E-state index contributed by atoms with van der Waals surface area (Å²) >= 11 is 12.5. The Morgan fingerprint density at radius 3 is 2.54 bits per heavy atom. The van der Waals surface area contributed by atoms with Crippen LogP contribution >= 0.6 is 23.2 Å². The van der Waals surface area contributed by atoms with Gasteiger partial charge in [0.25, 0.3) is 10.1 Å². The second-order valence-corrected chi connectivity index (χ2v) is 8.47. The van der Waals surface area contributed by atoms with E-state index in [9.17, 15) is 13.2 Å². The highest BCUT2D eigenvalue weighted by atomic mass is 35.5. The van der Waals surface area contributed by atoms with Gasteiger partial charge in [0.15, 0.2) is 0 Å². The Kier molecular flexibility index (Phi) is 6.92. The van der Waals surface area contributed by atoms with Crippen molar-refractivity contribution >= 4 is 39.2 Å². The van der Waals surface area contributed by atoms with Gasteiger partial charge in [0.1, 0.15) is 5.38 Å². The molecule has 0 spiro atoms. The third-order valence-corrected chi connectivity index (χ3v) is 5.75. The Morgan fingerprint density at radius 1 is 1.29 bits per heavy atom. The highest BCUT2D eigenvalue weighted by molar-refractivity contribution is 7.85. The van der Waals surface area contributed by atoms with E-state index < -0.39 is 27.2 Å². The number of nitrogens with one attached hydrogen (secondary N) is 1. The van der Waals surface area contributed by atoms with Crippen molar-refractivity contribution in [2.75, 3.05) is 12.3 Å². The monoisotopic (exact) mass is 393 g/mol. The van der Waals surface area contributed by atoms with Gasteiger partial charge in [0, 0.05) is 11.6 Å². The van der Waals surface area contributed by atoms with E-state index in [1.807, 2.05) is 6.07 Å². The van der Waals surface area contributed by atoms with Gasteiger partial charge in [-0.3, -0.25) is 9.35 Å². The van der Waals surface area contributed by atoms with Crippen LogP contribution < -0.4 is 5.32 Å². The van der Waals surface area contributed by atoms with E-state index in [0.717, 1.165) is 18.4 Å². The maximum Gasteiger partial charge on any atom is 0.266 e. The summed E-state index contributed by atoms with van der Waals surface area (Å²) in [6.07, 6.45) is 5.92. The number of benzene rings is 1. The van der Waals surface area contributed by atoms with Gasteiger partial charge in [-0.2, -0.15) is 8.42 Å². The van der Waals surface area contributed by atoms with Gasteiger partial charge in [0.2, 0.25) is 5.91 Å². The topological polar surface area (TPSA) is 83.5 Å². The Hall–Kier alpha value is -0.820. The van der Waals surface area contributed by atoms with Crippen molar-refractivity contribution in [3.8, 4) is 0 Å². The third kappa shape index (κ3) is 5.62. The molecule has 2 rings (SSSR count). The molecule has 0 bridgehead atoms. The zero-order valence-corrected chi connectivity index (χ0v) is 15.5. The highest BCUT2D eigenvalue weighted by Gasteiger charge is 2.22. The number of hydrogen-bond acceptors (Lipinski definition) is 3. The van der Waals surface area contributed by atoms with E-state index >= 15 is 0 Å². The molecule has 0 aromatic heterocycles. The first-order valence-electron chi connectivity index (χ1n) is 7.94. The molecule has 2 N–H and O–H groups in total. The highest BCUT2D eigenvalue weighted by Crippen LogP contribution is 2.37. The van der Waals surface area contributed by atoms with Gasteiger partial charge >= 0.3 is 0 Å². The lowest BCUT2D eigenvalue weighted by Crippen LogP contribution is -2.31. The fraction of sp³-hybridized carbons (Fsp3) is 0.562. The van der Waals surface area contributed by atoms with E-state index in [1.54, 1.807) is 12.1 Å². The van der Waals surface area contributed by atoms with Crippen molar-refractivity contribution in [2.45, 2.75) is 43.4 Å². The predicted molar refractivity (Wildman–Crippen MR) is 95.3 cm³/mol. The number of hydrogen-bond donors (Lipinski definition) is 2. The summed E-state index contributed by atoms with van der Waals surface area (Å²) in [5.41, 5.74) is 1.65. The first-order chi connectivity index (χ1) is 11.3.